The van der Waals surface area contributed by atoms with Crippen LogP contribution in [0.5, 0.6) is 0 Å². The average molecular weight is 310 g/mol. The molecule has 0 aliphatic heterocycles. The summed E-state index contributed by atoms with van der Waals surface area (Å²) in [6, 6.07) is 0. The number of rotatable bonds is 6. The van der Waals surface area contributed by atoms with E-state index in [1.807, 2.05) is 5.51 Å². The van der Waals surface area contributed by atoms with Gasteiger partial charge in [-0.1, -0.05) is 12.8 Å². The first kappa shape index (κ1) is 16.9. The number of aromatic nitrogens is 1. The molecule has 1 N–H and O–H groups in total. The molecule has 0 unspecified atom stereocenters. The molecule has 0 atom stereocenters. The Morgan fingerprint density at radius 1 is 1.33 bits per heavy atom. The molecule has 4 heteroatoms. The number of aryl methyl sites for hydroxylation is 1. The van der Waals surface area contributed by atoms with Gasteiger partial charge in [0.05, 0.1) is 11.2 Å². The second-order valence-electron chi connectivity index (χ2n) is 7.84. The van der Waals surface area contributed by atoms with E-state index in [0.29, 0.717) is 5.41 Å². The van der Waals surface area contributed by atoms with Crippen LogP contribution in [-0.4, -0.2) is 35.6 Å². The topological polar surface area (TPSA) is 28.2 Å². The molecule has 2 rings (SSSR count). The first-order valence-electron chi connectivity index (χ1n) is 8.12. The van der Waals surface area contributed by atoms with E-state index in [0.717, 1.165) is 13.1 Å². The zero-order valence-electron chi connectivity index (χ0n) is 14.3. The summed E-state index contributed by atoms with van der Waals surface area (Å²) in [7, 11) is 2.26. The Labute approximate surface area is 134 Å². The Hall–Kier alpha value is -0.450. The predicted octanol–water partition coefficient (Wildman–Crippen LogP) is 3.83. The first-order valence-corrected chi connectivity index (χ1v) is 9.00. The van der Waals surface area contributed by atoms with E-state index < -0.39 is 0 Å². The molecular formula is C17H31N3S. The summed E-state index contributed by atoms with van der Waals surface area (Å²) in [4.78, 5) is 8.27. The molecule has 1 aromatic rings. The predicted molar refractivity (Wildman–Crippen MR) is 91.8 cm³/mol. The molecule has 0 spiro atoms. The molecule has 1 aliphatic carbocycles. The summed E-state index contributed by atoms with van der Waals surface area (Å²) >= 11 is 1.78. The van der Waals surface area contributed by atoms with Crippen molar-refractivity contribution < 1.29 is 0 Å². The fourth-order valence-electron chi connectivity index (χ4n) is 3.32. The minimum atomic E-state index is 0.211. The third-order valence-corrected chi connectivity index (χ3v) is 5.44. The molecular weight excluding hydrogens is 278 g/mol. The molecule has 0 amide bonds. The Kier molecular flexibility index (Phi) is 5.44. The van der Waals surface area contributed by atoms with Crippen molar-refractivity contribution in [3.63, 3.8) is 0 Å². The van der Waals surface area contributed by atoms with Crippen molar-refractivity contribution in [3.8, 4) is 0 Å². The van der Waals surface area contributed by atoms with Crippen molar-refractivity contribution in [2.45, 2.75) is 65.5 Å². The van der Waals surface area contributed by atoms with Crippen LogP contribution in [-0.2, 0) is 6.54 Å². The number of hydrogen-bond acceptors (Lipinski definition) is 4. The van der Waals surface area contributed by atoms with Crippen LogP contribution < -0.4 is 5.32 Å². The maximum atomic E-state index is 4.37. The highest BCUT2D eigenvalue weighted by Gasteiger charge is 2.35. The van der Waals surface area contributed by atoms with Crippen molar-refractivity contribution in [2.75, 3.05) is 20.1 Å². The smallest absolute Gasteiger partial charge is 0.0798 e. The van der Waals surface area contributed by atoms with Crippen LogP contribution in [0.3, 0.4) is 0 Å². The lowest BCUT2D eigenvalue weighted by atomic mass is 9.84. The van der Waals surface area contributed by atoms with Gasteiger partial charge in [0.15, 0.2) is 0 Å². The fourth-order valence-corrected chi connectivity index (χ4v) is 4.18. The number of thiazole rings is 1. The van der Waals surface area contributed by atoms with Gasteiger partial charge >= 0.3 is 0 Å². The molecule has 0 bridgehead atoms. The van der Waals surface area contributed by atoms with Gasteiger partial charge in [-0.05, 0) is 53.0 Å². The molecule has 1 fully saturated rings. The minimum Gasteiger partial charge on any atom is -0.311 e. The molecule has 21 heavy (non-hydrogen) atoms. The van der Waals surface area contributed by atoms with Crippen LogP contribution in [0.15, 0.2) is 5.51 Å². The van der Waals surface area contributed by atoms with E-state index in [9.17, 15) is 0 Å². The highest BCUT2D eigenvalue weighted by Crippen LogP contribution is 2.38. The fraction of sp³-hybridized carbons (Fsp3) is 0.824. The van der Waals surface area contributed by atoms with Gasteiger partial charge in [0.25, 0.3) is 0 Å². The molecule has 0 aromatic carbocycles. The van der Waals surface area contributed by atoms with Gasteiger partial charge in [0.2, 0.25) is 0 Å². The van der Waals surface area contributed by atoms with E-state index in [-0.39, 0.29) is 5.54 Å². The second-order valence-corrected chi connectivity index (χ2v) is 8.78. The van der Waals surface area contributed by atoms with E-state index in [1.54, 1.807) is 11.3 Å². The summed E-state index contributed by atoms with van der Waals surface area (Å²) in [5, 5.41) is 3.74. The molecule has 0 radical (unpaired) electrons. The summed E-state index contributed by atoms with van der Waals surface area (Å²) in [5.74, 6) is 0. The van der Waals surface area contributed by atoms with Gasteiger partial charge in [0.1, 0.15) is 0 Å². The SMILES string of the molecule is Cc1ncsc1CN(C)CC1(CNC(C)(C)C)CCCC1. The van der Waals surface area contributed by atoms with Gasteiger partial charge in [-0.25, -0.2) is 4.98 Å². The summed E-state index contributed by atoms with van der Waals surface area (Å²) < 4.78 is 0. The van der Waals surface area contributed by atoms with Crippen LogP contribution in [0.2, 0.25) is 0 Å². The molecule has 1 saturated carbocycles. The van der Waals surface area contributed by atoms with Crippen molar-refractivity contribution in [1.82, 2.24) is 15.2 Å². The molecule has 120 valence electrons. The summed E-state index contributed by atoms with van der Waals surface area (Å²) in [6.07, 6.45) is 5.50. The van der Waals surface area contributed by atoms with Crippen LogP contribution in [0.25, 0.3) is 0 Å². The highest BCUT2D eigenvalue weighted by atomic mass is 32.1. The van der Waals surface area contributed by atoms with Crippen molar-refractivity contribution >= 4 is 11.3 Å². The Morgan fingerprint density at radius 3 is 2.52 bits per heavy atom. The number of hydrogen-bond donors (Lipinski definition) is 1. The maximum absolute atomic E-state index is 4.37. The normalized spacial score (nSPS) is 18.6. The summed E-state index contributed by atoms with van der Waals surface area (Å²) in [5.41, 5.74) is 3.83. The molecule has 1 heterocycles. The van der Waals surface area contributed by atoms with Crippen LogP contribution >= 0.6 is 11.3 Å². The molecule has 1 aromatic heterocycles. The number of nitrogens with zero attached hydrogens (tertiary/aromatic N) is 2. The van der Waals surface area contributed by atoms with Gasteiger partial charge in [-0.15, -0.1) is 11.3 Å². The lowest BCUT2D eigenvalue weighted by Crippen LogP contribution is -2.47. The highest BCUT2D eigenvalue weighted by molar-refractivity contribution is 7.09. The monoisotopic (exact) mass is 309 g/mol. The molecule has 1 aliphatic rings. The first-order chi connectivity index (χ1) is 9.80. The third-order valence-electron chi connectivity index (χ3n) is 4.52. The molecule has 3 nitrogen and oxygen atoms in total. The maximum Gasteiger partial charge on any atom is 0.0798 e. The van der Waals surface area contributed by atoms with Crippen LogP contribution in [0.1, 0.15) is 57.0 Å². The average Bonchev–Trinajstić information content (AvgIpc) is 2.97. The van der Waals surface area contributed by atoms with Crippen molar-refractivity contribution in [1.29, 1.82) is 0 Å². The zero-order chi connectivity index (χ0) is 15.5. The van der Waals surface area contributed by atoms with Crippen molar-refractivity contribution in [2.24, 2.45) is 5.41 Å². The lowest BCUT2D eigenvalue weighted by Gasteiger charge is -2.36. The lowest BCUT2D eigenvalue weighted by molar-refractivity contribution is 0.157. The van der Waals surface area contributed by atoms with Gasteiger partial charge < -0.3 is 10.2 Å². The van der Waals surface area contributed by atoms with E-state index in [4.69, 9.17) is 0 Å². The number of nitrogens with one attached hydrogen (secondary N) is 1. The van der Waals surface area contributed by atoms with E-state index in [1.165, 1.54) is 42.8 Å². The van der Waals surface area contributed by atoms with E-state index >= 15 is 0 Å². The Balaban J connectivity index is 1.94. The van der Waals surface area contributed by atoms with Crippen LogP contribution in [0, 0.1) is 12.3 Å². The zero-order valence-corrected chi connectivity index (χ0v) is 15.1. The van der Waals surface area contributed by atoms with Crippen molar-refractivity contribution in [3.05, 3.63) is 16.1 Å². The molecule has 0 saturated heterocycles. The van der Waals surface area contributed by atoms with Gasteiger partial charge in [-0.2, -0.15) is 0 Å². The quantitative estimate of drug-likeness (QED) is 0.865. The Bertz CT molecular complexity index is 441. The van der Waals surface area contributed by atoms with E-state index in [2.05, 4.69) is 49.9 Å². The van der Waals surface area contributed by atoms with Crippen LogP contribution in [0.4, 0.5) is 0 Å². The van der Waals surface area contributed by atoms with Gasteiger partial charge in [-0.3, -0.25) is 0 Å². The largest absolute Gasteiger partial charge is 0.311 e. The second kappa shape index (κ2) is 6.76. The Morgan fingerprint density at radius 2 is 2.00 bits per heavy atom. The van der Waals surface area contributed by atoms with Gasteiger partial charge in [0, 0.05) is 30.1 Å². The minimum absolute atomic E-state index is 0.211. The summed E-state index contributed by atoms with van der Waals surface area (Å²) in [6.45, 7) is 12.3. The third kappa shape index (κ3) is 5.04. The standard InChI is InChI=1S/C17H31N3S/c1-14-15(21-13-18-14)10-20(5)12-17(8-6-7-9-17)11-19-16(2,3)4/h13,19H,6-12H2,1-5H3.